The number of alkyl halides is 3. The van der Waals surface area contributed by atoms with Crippen molar-refractivity contribution < 1.29 is 37.7 Å². The smallest absolute Gasteiger partial charge is 0.416 e. The summed E-state index contributed by atoms with van der Waals surface area (Å²) in [5.41, 5.74) is 1.35. The van der Waals surface area contributed by atoms with E-state index in [1.165, 1.54) is 42.0 Å². The summed E-state index contributed by atoms with van der Waals surface area (Å²) in [7, 11) is 0. The molecule has 0 unspecified atom stereocenters. The molecule has 4 aromatic rings. The van der Waals surface area contributed by atoms with Crippen LogP contribution in [0, 0.1) is 0 Å². The van der Waals surface area contributed by atoms with Crippen molar-refractivity contribution in [1.29, 1.82) is 0 Å². The van der Waals surface area contributed by atoms with E-state index >= 15 is 0 Å². The molecule has 0 saturated carbocycles. The lowest BCUT2D eigenvalue weighted by Gasteiger charge is -2.17. The number of unbranched alkanes of at least 4 members (excludes halogenated alkanes) is 5. The average Bonchev–Trinajstić information content (AvgIpc) is 3.03. The van der Waals surface area contributed by atoms with Crippen molar-refractivity contribution in [3.8, 4) is 22.6 Å². The molecule has 0 aliphatic heterocycles. The largest absolute Gasteiger partial charge is 0.507 e. The van der Waals surface area contributed by atoms with E-state index in [1.807, 2.05) is 6.07 Å². The number of amides is 1. The van der Waals surface area contributed by atoms with E-state index in [1.54, 1.807) is 6.07 Å². The van der Waals surface area contributed by atoms with Gasteiger partial charge in [0, 0.05) is 17.7 Å². The van der Waals surface area contributed by atoms with Crippen molar-refractivity contribution in [3.05, 3.63) is 117 Å². The minimum absolute atomic E-state index is 0.129. The second kappa shape index (κ2) is 16.3. The Morgan fingerprint density at radius 3 is 2.22 bits per heavy atom. The van der Waals surface area contributed by atoms with Crippen LogP contribution in [0.3, 0.4) is 0 Å². The number of nitrogens with one attached hydrogen (secondary N) is 1. The summed E-state index contributed by atoms with van der Waals surface area (Å²) in [4.78, 5) is 24.3. The number of aryl methyl sites for hydroxylation is 1. The number of benzene rings is 4. The molecule has 6 nitrogen and oxygen atoms in total. The third-order valence-electron chi connectivity index (χ3n) is 7.50. The lowest BCUT2D eigenvalue weighted by molar-refractivity contribution is -0.137. The first-order chi connectivity index (χ1) is 22.0. The molecule has 46 heavy (non-hydrogen) atoms. The summed E-state index contributed by atoms with van der Waals surface area (Å²) in [6.45, 7) is 0.337. The Morgan fingerprint density at radius 2 is 1.52 bits per heavy atom. The molecule has 0 spiro atoms. The second-order valence-electron chi connectivity index (χ2n) is 11.0. The molecule has 0 heterocycles. The fourth-order valence-corrected chi connectivity index (χ4v) is 5.64. The zero-order valence-corrected chi connectivity index (χ0v) is 26.7. The molecule has 0 atom stereocenters. The van der Waals surface area contributed by atoms with E-state index in [-0.39, 0.29) is 40.5 Å². The highest BCUT2D eigenvalue weighted by Gasteiger charge is 2.31. The van der Waals surface area contributed by atoms with Crippen LogP contribution in [-0.2, 0) is 19.2 Å². The Balaban J connectivity index is 1.41. The third-order valence-corrected chi connectivity index (χ3v) is 8.09. The first-order valence-corrected chi connectivity index (χ1v) is 15.8. The van der Waals surface area contributed by atoms with Crippen LogP contribution < -0.4 is 10.1 Å². The van der Waals surface area contributed by atoms with Gasteiger partial charge in [0.25, 0.3) is 5.91 Å². The van der Waals surface area contributed by atoms with Crippen LogP contribution in [0.5, 0.6) is 11.5 Å². The molecule has 3 N–H and O–H groups in total. The molecule has 0 aromatic heterocycles. The van der Waals surface area contributed by atoms with Crippen molar-refractivity contribution in [2.24, 2.45) is 0 Å². The first kappa shape index (κ1) is 34.6. The molecule has 4 aromatic carbocycles. The number of halogens is 4. The second-order valence-corrected chi connectivity index (χ2v) is 11.8. The summed E-state index contributed by atoms with van der Waals surface area (Å²) in [5.74, 6) is -1.91. The number of hydrogen-bond donors (Lipinski definition) is 3. The number of aromatic hydroxyl groups is 1. The topological polar surface area (TPSA) is 95.9 Å². The maximum absolute atomic E-state index is 13.6. The Hall–Kier alpha value is -4.31. The van der Waals surface area contributed by atoms with E-state index in [2.05, 4.69) is 45.5 Å². The fraction of sp³-hybridized carbons (Fsp3) is 0.278. The number of carboxylic acids is 1. The van der Waals surface area contributed by atoms with Gasteiger partial charge in [-0.05, 0) is 88.3 Å². The van der Waals surface area contributed by atoms with Crippen molar-refractivity contribution >= 4 is 27.8 Å². The van der Waals surface area contributed by atoms with Crippen LogP contribution in [0.4, 0.5) is 13.2 Å². The first-order valence-electron chi connectivity index (χ1n) is 15.0. The van der Waals surface area contributed by atoms with E-state index < -0.39 is 23.5 Å². The van der Waals surface area contributed by atoms with Gasteiger partial charge in [-0.2, -0.15) is 13.2 Å². The van der Waals surface area contributed by atoms with Gasteiger partial charge in [0.1, 0.15) is 23.7 Å². The Bertz CT molecular complexity index is 1640. The van der Waals surface area contributed by atoms with Crippen LogP contribution in [0.25, 0.3) is 11.1 Å². The Kier molecular flexibility index (Phi) is 12.3. The van der Waals surface area contributed by atoms with Gasteiger partial charge in [0.15, 0.2) is 0 Å². The average molecular weight is 699 g/mol. The van der Waals surface area contributed by atoms with Gasteiger partial charge in [0.05, 0.1) is 10.0 Å². The van der Waals surface area contributed by atoms with Crippen molar-refractivity contribution in [2.75, 3.05) is 6.54 Å². The minimum Gasteiger partial charge on any atom is -0.507 e. The molecular weight excluding hydrogens is 663 g/mol. The molecule has 4 rings (SSSR count). The standard InChI is InChI=1S/C36H35BrF3NO5/c37-31-22-27(34(43)41-18-9-4-2-1-3-6-11-24-12-7-5-8-13-24)21-30(26-14-10-15-28(20-26)36(38,39)40)33(31)46-23-25-16-17-29(35(44)45)32(42)19-25/h5,7-8,10,12-17,19-22,42H,1-4,6,9,11,18,23H2,(H,41,43)(H,44,45). The molecule has 0 fully saturated rings. The normalized spacial score (nSPS) is 11.3. The van der Waals surface area contributed by atoms with Gasteiger partial charge in [-0.1, -0.05) is 74.2 Å². The minimum atomic E-state index is -4.57. The summed E-state index contributed by atoms with van der Waals surface area (Å²) >= 11 is 3.42. The van der Waals surface area contributed by atoms with E-state index in [4.69, 9.17) is 9.84 Å². The van der Waals surface area contributed by atoms with Crippen LogP contribution >= 0.6 is 15.9 Å². The molecule has 0 aliphatic rings. The number of carbonyl (C=O) groups is 2. The number of aromatic carboxylic acids is 1. The van der Waals surface area contributed by atoms with E-state index in [0.29, 0.717) is 16.6 Å². The molecule has 242 valence electrons. The molecule has 0 bridgehead atoms. The highest BCUT2D eigenvalue weighted by molar-refractivity contribution is 9.10. The highest BCUT2D eigenvalue weighted by atomic mass is 79.9. The molecule has 10 heteroatoms. The molecular formula is C36H35BrF3NO5. The van der Waals surface area contributed by atoms with Crippen molar-refractivity contribution in [2.45, 2.75) is 57.7 Å². The SMILES string of the molecule is O=C(NCCCCCCCCc1ccccc1)c1cc(Br)c(OCc2ccc(C(=O)O)c(O)c2)c(-c2cccc(C(F)(F)F)c2)c1. The van der Waals surface area contributed by atoms with Gasteiger partial charge < -0.3 is 20.3 Å². The van der Waals surface area contributed by atoms with Gasteiger partial charge in [-0.25, -0.2) is 4.79 Å². The number of ether oxygens (including phenoxy) is 1. The van der Waals surface area contributed by atoms with Gasteiger partial charge in [0.2, 0.25) is 0 Å². The number of carbonyl (C=O) groups excluding carboxylic acids is 1. The quantitative estimate of drug-likeness (QED) is 0.108. The maximum atomic E-state index is 13.6. The molecule has 0 radical (unpaired) electrons. The zero-order chi connectivity index (χ0) is 33.1. The van der Waals surface area contributed by atoms with Crippen molar-refractivity contribution in [1.82, 2.24) is 5.32 Å². The predicted molar refractivity (Wildman–Crippen MR) is 174 cm³/mol. The van der Waals surface area contributed by atoms with E-state index in [9.17, 15) is 27.9 Å². The van der Waals surface area contributed by atoms with Gasteiger partial charge in [-0.3, -0.25) is 4.79 Å². The predicted octanol–water partition coefficient (Wildman–Crippen LogP) is 9.43. The van der Waals surface area contributed by atoms with Crippen LogP contribution in [-0.4, -0.2) is 28.6 Å². The highest BCUT2D eigenvalue weighted by Crippen LogP contribution is 2.40. The van der Waals surface area contributed by atoms with Crippen LogP contribution in [0.15, 0.2) is 89.4 Å². The monoisotopic (exact) mass is 697 g/mol. The number of carboxylic acid groups (broad SMARTS) is 1. The fourth-order valence-electron chi connectivity index (χ4n) is 5.06. The summed E-state index contributed by atoms with van der Waals surface area (Å²) in [6.07, 6.45) is 2.76. The summed E-state index contributed by atoms with van der Waals surface area (Å²) < 4.78 is 47.0. The van der Waals surface area contributed by atoms with Crippen LogP contribution in [0.2, 0.25) is 0 Å². The number of hydrogen-bond acceptors (Lipinski definition) is 4. The van der Waals surface area contributed by atoms with Crippen molar-refractivity contribution in [3.63, 3.8) is 0 Å². The van der Waals surface area contributed by atoms with Gasteiger partial charge >= 0.3 is 12.1 Å². The van der Waals surface area contributed by atoms with Crippen LogP contribution in [0.1, 0.15) is 75.9 Å². The third kappa shape index (κ3) is 9.84. The number of rotatable bonds is 15. The Labute approximate surface area is 274 Å². The zero-order valence-electron chi connectivity index (χ0n) is 25.1. The lowest BCUT2D eigenvalue weighted by Crippen LogP contribution is -2.24. The molecule has 0 aliphatic carbocycles. The summed E-state index contributed by atoms with van der Waals surface area (Å²) in [6, 6.07) is 22.1. The number of phenols is 1. The molecule has 0 saturated heterocycles. The van der Waals surface area contributed by atoms with Gasteiger partial charge in [-0.15, -0.1) is 0 Å². The lowest BCUT2D eigenvalue weighted by atomic mass is 9.99. The summed E-state index contributed by atoms with van der Waals surface area (Å²) in [5, 5.41) is 22.1. The Morgan fingerprint density at radius 1 is 0.804 bits per heavy atom. The maximum Gasteiger partial charge on any atom is 0.416 e. The van der Waals surface area contributed by atoms with E-state index in [0.717, 1.165) is 57.1 Å². The molecule has 1 amide bonds.